The molecule has 1 unspecified atom stereocenters. The van der Waals surface area contributed by atoms with Crippen molar-refractivity contribution in [2.45, 2.75) is 12.3 Å². The molecule has 0 amide bonds. The number of rotatable bonds is 15. The Morgan fingerprint density at radius 2 is 0.578 bits per heavy atom. The van der Waals surface area contributed by atoms with Crippen molar-refractivity contribution in [2.75, 3.05) is 19.6 Å². The van der Waals surface area contributed by atoms with Crippen molar-refractivity contribution in [3.8, 4) is 67.0 Å². The van der Waals surface area contributed by atoms with Gasteiger partial charge in [0.05, 0.1) is 39.1 Å². The van der Waals surface area contributed by atoms with E-state index in [-0.39, 0.29) is 0 Å². The number of allylic oxidation sites excluding steroid dienone is 1. The van der Waals surface area contributed by atoms with E-state index in [2.05, 4.69) is 520 Å². The first-order chi connectivity index (χ1) is 63.5. The largest absolute Gasteiger partial charge is 0.310 e. The molecule has 2 aromatic heterocycles. The van der Waals surface area contributed by atoms with Crippen LogP contribution in [0.3, 0.4) is 0 Å². The molecule has 0 fully saturated rings. The van der Waals surface area contributed by atoms with Gasteiger partial charge >= 0.3 is 0 Å². The molecular weight excluding hydrogens is 1550 g/mol. The summed E-state index contributed by atoms with van der Waals surface area (Å²) >= 11 is 0. The minimum Gasteiger partial charge on any atom is -0.310 e. The zero-order chi connectivity index (χ0) is 84.5. The van der Waals surface area contributed by atoms with Crippen LogP contribution >= 0.6 is 0 Å². The molecule has 22 aromatic rings. The van der Waals surface area contributed by atoms with Crippen molar-refractivity contribution in [1.82, 2.24) is 9.13 Å². The number of benzene rings is 20. The first-order valence-electron chi connectivity index (χ1n) is 44.2. The molecule has 0 N–H and O–H groups in total. The van der Waals surface area contributed by atoms with E-state index in [1.807, 2.05) is 0 Å². The van der Waals surface area contributed by atoms with Crippen LogP contribution in [-0.2, 0) is 0 Å². The van der Waals surface area contributed by atoms with Gasteiger partial charge in [0.15, 0.2) is 0 Å². The fourth-order valence-corrected chi connectivity index (χ4v) is 20.4. The Bertz CT molecular complexity index is 7930. The number of hydrogen-bond donors (Lipinski definition) is 0. The third kappa shape index (κ3) is 13.0. The Kier molecular flexibility index (Phi) is 18.6. The summed E-state index contributed by atoms with van der Waals surface area (Å²) < 4.78 is 4.76. The van der Waals surface area contributed by atoms with Crippen LogP contribution < -0.4 is 19.6 Å². The van der Waals surface area contributed by atoms with E-state index in [4.69, 9.17) is 0 Å². The highest BCUT2D eigenvalue weighted by atomic mass is 15.2. The van der Waals surface area contributed by atoms with Gasteiger partial charge in [-0.1, -0.05) is 315 Å². The lowest BCUT2D eigenvalue weighted by Gasteiger charge is -2.40. The maximum absolute atomic E-state index is 2.47. The molecule has 6 heteroatoms. The number of nitrogens with zero attached hydrogens (tertiary/aromatic N) is 6. The van der Waals surface area contributed by atoms with E-state index >= 15 is 0 Å². The summed E-state index contributed by atoms with van der Waals surface area (Å²) in [6.45, 7) is 0. The van der Waals surface area contributed by atoms with Crippen molar-refractivity contribution in [1.29, 1.82) is 0 Å². The summed E-state index contributed by atoms with van der Waals surface area (Å²) in [5.74, 6) is 0.308. The Labute approximate surface area is 744 Å². The lowest BCUT2D eigenvalue weighted by molar-refractivity contribution is 0.798. The highest BCUT2D eigenvalue weighted by Gasteiger charge is 2.36. The summed E-state index contributed by atoms with van der Waals surface area (Å²) in [6.07, 6.45) is 3.43. The molecule has 602 valence electrons. The standard InChI is InChI=1S/C64H43N3.C58H41N3/c1-5-18-44(19-6-1)47-40-48(45-20-7-2-8-21-45)42-53(41-47)65(52-36-39-62-59(43-52)56-27-14-16-30-61(56)66(62)49-22-9-3-10-23-49)51-34-32-46(33-35-51)54-37-38-58-55-26-13-15-29-60(55)67(50-24-11-4-12-25-50)63-31-17-28-57(54)64(58)63;1-4-15-40(16-5-1)41-27-31-45(32-28-41)59(47-35-38-56-53(39-47)50-22-11-13-25-55(50)60(56)43-17-6-2-7-18-43)46-33-29-42(30-34-46)48-36-37-52-49-21-10-12-24-54(49)61(44-19-8-3-9-20-44)57-26-14-23-51(48)58(52)57/h1-43H;1-36,38-39,52H,37H2. The molecule has 6 nitrogen and oxygen atoms in total. The quantitative estimate of drug-likeness (QED) is 0.102. The van der Waals surface area contributed by atoms with Crippen LogP contribution in [0.5, 0.6) is 0 Å². The molecule has 0 bridgehead atoms. The Balaban J connectivity index is 0.000000143. The summed E-state index contributed by atoms with van der Waals surface area (Å²) in [5, 5.41) is 7.39. The lowest BCUT2D eigenvalue weighted by atomic mass is 9.74. The smallest absolute Gasteiger partial charge is 0.0546 e. The van der Waals surface area contributed by atoms with Gasteiger partial charge in [0, 0.05) is 101 Å². The zero-order valence-electron chi connectivity index (χ0n) is 70.2. The van der Waals surface area contributed by atoms with Crippen molar-refractivity contribution in [3.63, 3.8) is 0 Å². The number of para-hydroxylation sites is 8. The molecule has 128 heavy (non-hydrogen) atoms. The van der Waals surface area contributed by atoms with Gasteiger partial charge in [-0.25, -0.2) is 0 Å². The van der Waals surface area contributed by atoms with E-state index < -0.39 is 0 Å². The van der Waals surface area contributed by atoms with Gasteiger partial charge in [-0.3, -0.25) is 0 Å². The van der Waals surface area contributed by atoms with Gasteiger partial charge in [-0.2, -0.15) is 0 Å². The van der Waals surface area contributed by atoms with E-state index in [1.165, 1.54) is 155 Å². The summed E-state index contributed by atoms with van der Waals surface area (Å²) in [6, 6.07) is 177. The molecule has 3 aliphatic rings. The Hall–Kier alpha value is -16.8. The second-order valence-electron chi connectivity index (χ2n) is 33.4. The van der Waals surface area contributed by atoms with Crippen molar-refractivity contribution >= 4 is 128 Å². The van der Waals surface area contributed by atoms with Gasteiger partial charge in [0.2, 0.25) is 0 Å². The third-order valence-corrected chi connectivity index (χ3v) is 26.2. The van der Waals surface area contributed by atoms with Gasteiger partial charge in [-0.05, 0) is 266 Å². The molecule has 2 aliphatic heterocycles. The third-order valence-electron chi connectivity index (χ3n) is 26.2. The fourth-order valence-electron chi connectivity index (χ4n) is 20.4. The van der Waals surface area contributed by atoms with Crippen LogP contribution in [0.4, 0.5) is 68.2 Å². The van der Waals surface area contributed by atoms with Crippen molar-refractivity contribution < 1.29 is 0 Å². The minimum absolute atomic E-state index is 0.308. The van der Waals surface area contributed by atoms with Crippen LogP contribution in [0.1, 0.15) is 34.6 Å². The minimum atomic E-state index is 0.308. The molecule has 0 saturated heterocycles. The first-order valence-corrected chi connectivity index (χ1v) is 44.2. The molecule has 1 atom stereocenters. The molecule has 20 aromatic carbocycles. The van der Waals surface area contributed by atoms with Crippen LogP contribution in [0.25, 0.3) is 127 Å². The summed E-state index contributed by atoms with van der Waals surface area (Å²) in [5.41, 5.74) is 39.5. The fraction of sp³-hybridized carbons (Fsp3) is 0.0164. The normalized spacial score (nSPS) is 12.9. The predicted molar refractivity (Wildman–Crippen MR) is 539 cm³/mol. The van der Waals surface area contributed by atoms with Crippen LogP contribution in [0.15, 0.2) is 491 Å². The van der Waals surface area contributed by atoms with Crippen LogP contribution in [-0.4, -0.2) is 9.13 Å². The average Bonchev–Trinajstić information content (AvgIpc) is 1.10. The molecule has 0 radical (unpaired) electrons. The highest BCUT2D eigenvalue weighted by molar-refractivity contribution is 6.18. The van der Waals surface area contributed by atoms with Gasteiger partial charge in [0.25, 0.3) is 0 Å². The first kappa shape index (κ1) is 75.0. The predicted octanol–water partition coefficient (Wildman–Crippen LogP) is 33.5. The number of aromatic nitrogens is 2. The molecule has 4 heterocycles. The maximum Gasteiger partial charge on any atom is 0.0546 e. The molecule has 0 spiro atoms. The molecular formula is C122H84N6. The monoisotopic (exact) mass is 1630 g/mol. The average molecular weight is 1630 g/mol. The van der Waals surface area contributed by atoms with Crippen LogP contribution in [0, 0.1) is 0 Å². The highest BCUT2D eigenvalue weighted by Crippen LogP contribution is 2.57. The van der Waals surface area contributed by atoms with Gasteiger partial charge in [-0.15, -0.1) is 0 Å². The molecule has 1 aliphatic carbocycles. The molecule has 0 saturated carbocycles. The van der Waals surface area contributed by atoms with E-state index in [9.17, 15) is 0 Å². The topological polar surface area (TPSA) is 22.8 Å². The van der Waals surface area contributed by atoms with E-state index in [0.29, 0.717) is 5.92 Å². The summed E-state index contributed by atoms with van der Waals surface area (Å²) in [4.78, 5) is 9.70. The van der Waals surface area contributed by atoms with Crippen molar-refractivity contribution in [3.05, 3.63) is 514 Å². The second-order valence-corrected chi connectivity index (χ2v) is 33.4. The number of anilines is 12. The molecule has 25 rings (SSSR count). The number of hydrogen-bond acceptors (Lipinski definition) is 4. The number of fused-ring (bicyclic) bond motifs is 10. The zero-order valence-corrected chi connectivity index (χ0v) is 70.2. The Morgan fingerprint density at radius 1 is 0.203 bits per heavy atom. The van der Waals surface area contributed by atoms with E-state index in [1.54, 1.807) is 0 Å². The lowest BCUT2D eigenvalue weighted by Crippen LogP contribution is -2.24. The van der Waals surface area contributed by atoms with Gasteiger partial charge < -0.3 is 28.7 Å². The SMILES string of the molecule is C1=C(c2ccc(N(c3ccc(-c4ccccc4)cc3)c3ccc4c(c3)c3ccccc3n4-c3ccccc3)cc2)c2cccc3c2C(C1)c1ccccc1N3c1ccccc1.c1ccc(-c2cc(-c3ccccc3)cc(N(c3ccc(-c4ccc5c6c(cccc46)N(c4ccccc4)c4ccccc4-5)cc3)c3ccc4c(c3)c3ccccc3n4-c3ccccc3)c2)cc1. The van der Waals surface area contributed by atoms with Crippen LogP contribution in [0.2, 0.25) is 0 Å². The van der Waals surface area contributed by atoms with E-state index in [0.717, 1.165) is 68.7 Å². The summed E-state index contributed by atoms with van der Waals surface area (Å²) in [7, 11) is 0. The second kappa shape index (κ2) is 31.8. The van der Waals surface area contributed by atoms with Crippen molar-refractivity contribution in [2.24, 2.45) is 0 Å². The Morgan fingerprint density at radius 3 is 1.12 bits per heavy atom. The maximum atomic E-state index is 2.47. The van der Waals surface area contributed by atoms with Gasteiger partial charge in [0.1, 0.15) is 0 Å².